The molecule has 0 N–H and O–H groups in total. The van der Waals surface area contributed by atoms with Crippen LogP contribution >= 0.6 is 11.8 Å². The molecule has 5 heteroatoms. The van der Waals surface area contributed by atoms with Gasteiger partial charge in [-0.05, 0) is 30.0 Å². The van der Waals surface area contributed by atoms with E-state index in [4.69, 9.17) is 0 Å². The van der Waals surface area contributed by atoms with E-state index in [0.717, 1.165) is 17.5 Å². The highest BCUT2D eigenvalue weighted by molar-refractivity contribution is 8.15. The van der Waals surface area contributed by atoms with E-state index in [9.17, 15) is 4.79 Å². The lowest BCUT2D eigenvalue weighted by Gasteiger charge is -2.17. The fraction of sp³-hybridized carbons (Fsp3) is 0.250. The minimum absolute atomic E-state index is 0.0744. The van der Waals surface area contributed by atoms with Gasteiger partial charge in [-0.1, -0.05) is 73.3 Å². The van der Waals surface area contributed by atoms with Gasteiger partial charge in [-0.2, -0.15) is 5.10 Å². The second kappa shape index (κ2) is 8.12. The van der Waals surface area contributed by atoms with Crippen LogP contribution in [0.4, 0.5) is 0 Å². The first-order valence-corrected chi connectivity index (χ1v) is 9.25. The van der Waals surface area contributed by atoms with Crippen molar-refractivity contribution >= 4 is 29.1 Å². The monoisotopic (exact) mass is 351 g/mol. The zero-order valence-corrected chi connectivity index (χ0v) is 15.2. The van der Waals surface area contributed by atoms with Crippen LogP contribution in [0.15, 0.2) is 64.8 Å². The summed E-state index contributed by atoms with van der Waals surface area (Å²) in [5.41, 5.74) is 3.29. The van der Waals surface area contributed by atoms with Crippen LogP contribution in [0.25, 0.3) is 0 Å². The lowest BCUT2D eigenvalue weighted by atomic mass is 10.1. The van der Waals surface area contributed by atoms with Gasteiger partial charge in [-0.15, -0.1) is 5.10 Å². The number of thioether (sulfide) groups is 1. The summed E-state index contributed by atoms with van der Waals surface area (Å²) in [6, 6.07) is 17.9. The van der Waals surface area contributed by atoms with E-state index < -0.39 is 0 Å². The maximum Gasteiger partial charge on any atom is 0.242 e. The topological polar surface area (TPSA) is 45.0 Å². The predicted octanol–water partition coefficient (Wildman–Crippen LogP) is 4.24. The van der Waals surface area contributed by atoms with Crippen LogP contribution in [0.3, 0.4) is 0 Å². The van der Waals surface area contributed by atoms with Gasteiger partial charge in [-0.3, -0.25) is 9.69 Å². The normalized spacial score (nSPS) is 19.3. The summed E-state index contributed by atoms with van der Waals surface area (Å²) < 4.78 is 0. The fourth-order valence-electron chi connectivity index (χ4n) is 2.63. The molecule has 2 aromatic rings. The molecule has 1 heterocycles. The molecule has 25 heavy (non-hydrogen) atoms. The molecule has 0 aliphatic carbocycles. The summed E-state index contributed by atoms with van der Waals surface area (Å²) in [6.07, 6.45) is 2.50. The molecule has 3 rings (SSSR count). The molecule has 1 amide bonds. The fourth-order valence-corrected chi connectivity index (χ4v) is 3.66. The van der Waals surface area contributed by atoms with Crippen molar-refractivity contribution in [2.75, 3.05) is 0 Å². The van der Waals surface area contributed by atoms with E-state index in [2.05, 4.69) is 29.3 Å². The number of hydrogen-bond donors (Lipinski definition) is 0. The Kier molecular flexibility index (Phi) is 5.66. The van der Waals surface area contributed by atoms with E-state index >= 15 is 0 Å². The summed E-state index contributed by atoms with van der Waals surface area (Å²) in [5.74, 6) is 0.115. The van der Waals surface area contributed by atoms with Gasteiger partial charge in [0.1, 0.15) is 0 Å². The summed E-state index contributed by atoms with van der Waals surface area (Å²) in [6.45, 7) is 4.62. The molecule has 1 fully saturated rings. The number of rotatable bonds is 5. The van der Waals surface area contributed by atoms with Gasteiger partial charge in [0.15, 0.2) is 5.17 Å². The van der Waals surface area contributed by atoms with Crippen molar-refractivity contribution < 1.29 is 4.79 Å². The van der Waals surface area contributed by atoms with E-state index in [1.54, 1.807) is 11.1 Å². The zero-order valence-electron chi connectivity index (χ0n) is 14.4. The summed E-state index contributed by atoms with van der Waals surface area (Å²) in [4.78, 5) is 14.4. The van der Waals surface area contributed by atoms with Crippen LogP contribution in [0, 0.1) is 6.92 Å². The van der Waals surface area contributed by atoms with Crippen LogP contribution in [0.2, 0.25) is 0 Å². The van der Waals surface area contributed by atoms with Crippen LogP contribution in [-0.2, 0) is 11.3 Å². The van der Waals surface area contributed by atoms with Gasteiger partial charge < -0.3 is 0 Å². The molecule has 2 aromatic carbocycles. The third kappa shape index (κ3) is 4.17. The van der Waals surface area contributed by atoms with E-state index in [0.29, 0.717) is 11.7 Å². The predicted molar refractivity (Wildman–Crippen MR) is 105 cm³/mol. The molecule has 1 aliphatic heterocycles. The molecule has 1 atom stereocenters. The van der Waals surface area contributed by atoms with Crippen molar-refractivity contribution in [1.29, 1.82) is 0 Å². The smallest absolute Gasteiger partial charge is 0.242 e. The third-order valence-electron chi connectivity index (χ3n) is 4.13. The Hall–Kier alpha value is -2.40. The Labute approximate surface area is 152 Å². The van der Waals surface area contributed by atoms with Gasteiger partial charge in [0.05, 0.1) is 18.0 Å². The van der Waals surface area contributed by atoms with E-state index in [-0.39, 0.29) is 11.2 Å². The Bertz CT molecular complexity index is 802. The minimum atomic E-state index is -0.0744. The Morgan fingerprint density at radius 2 is 1.84 bits per heavy atom. The molecule has 1 saturated heterocycles. The maximum absolute atomic E-state index is 12.7. The maximum atomic E-state index is 12.7. The zero-order chi connectivity index (χ0) is 17.6. The highest BCUT2D eigenvalue weighted by Crippen LogP contribution is 2.31. The summed E-state index contributed by atoms with van der Waals surface area (Å²) in [7, 11) is 0. The molecular formula is C20H21N3OS. The number of amides is 1. The van der Waals surface area contributed by atoms with Gasteiger partial charge in [0.25, 0.3) is 0 Å². The largest absolute Gasteiger partial charge is 0.284 e. The lowest BCUT2D eigenvalue weighted by Crippen LogP contribution is -2.31. The van der Waals surface area contributed by atoms with Crippen molar-refractivity contribution in [1.82, 2.24) is 4.90 Å². The first kappa shape index (κ1) is 17.4. The number of aryl methyl sites for hydroxylation is 1. The van der Waals surface area contributed by atoms with Crippen molar-refractivity contribution in [2.45, 2.75) is 32.1 Å². The molecule has 1 aliphatic rings. The van der Waals surface area contributed by atoms with E-state index in [1.807, 2.05) is 49.4 Å². The van der Waals surface area contributed by atoms with Crippen molar-refractivity contribution in [3.8, 4) is 0 Å². The summed E-state index contributed by atoms with van der Waals surface area (Å²) >= 11 is 1.50. The van der Waals surface area contributed by atoms with Crippen molar-refractivity contribution in [3.05, 3.63) is 71.3 Å². The average molecular weight is 351 g/mol. The highest BCUT2D eigenvalue weighted by atomic mass is 32.2. The van der Waals surface area contributed by atoms with Crippen LogP contribution in [0.5, 0.6) is 0 Å². The van der Waals surface area contributed by atoms with E-state index in [1.165, 1.54) is 17.3 Å². The number of amidine groups is 1. The molecule has 0 spiro atoms. The molecule has 0 radical (unpaired) electrons. The molecule has 0 bridgehead atoms. The van der Waals surface area contributed by atoms with Crippen molar-refractivity contribution in [2.24, 2.45) is 10.2 Å². The van der Waals surface area contributed by atoms with Gasteiger partial charge in [0, 0.05) is 0 Å². The van der Waals surface area contributed by atoms with Crippen molar-refractivity contribution in [3.63, 3.8) is 0 Å². The van der Waals surface area contributed by atoms with Crippen LogP contribution in [-0.4, -0.2) is 27.4 Å². The van der Waals surface area contributed by atoms with Crippen LogP contribution in [0.1, 0.15) is 30.0 Å². The third-order valence-corrected chi connectivity index (χ3v) is 5.46. The highest BCUT2D eigenvalue weighted by Gasteiger charge is 2.37. The Morgan fingerprint density at radius 3 is 2.56 bits per heavy atom. The van der Waals surface area contributed by atoms with Gasteiger partial charge in [0.2, 0.25) is 5.91 Å². The number of benzene rings is 2. The Balaban J connectivity index is 1.82. The van der Waals surface area contributed by atoms with Gasteiger partial charge in [-0.25, -0.2) is 0 Å². The number of carbonyl (C=O) groups is 1. The number of nitrogens with zero attached hydrogens (tertiary/aromatic N) is 3. The quantitative estimate of drug-likeness (QED) is 0.597. The van der Waals surface area contributed by atoms with Gasteiger partial charge >= 0.3 is 0 Å². The second-order valence-corrected chi connectivity index (χ2v) is 7.07. The Morgan fingerprint density at radius 1 is 1.12 bits per heavy atom. The molecule has 0 aromatic heterocycles. The first-order chi connectivity index (χ1) is 12.2. The number of hydrogen-bond acceptors (Lipinski definition) is 4. The molecule has 4 nitrogen and oxygen atoms in total. The molecule has 0 unspecified atom stereocenters. The van der Waals surface area contributed by atoms with Crippen LogP contribution < -0.4 is 0 Å². The average Bonchev–Trinajstić information content (AvgIpc) is 2.93. The molecule has 128 valence electrons. The number of carbonyl (C=O) groups excluding carboxylic acids is 1. The molecule has 0 saturated carbocycles. The SMILES string of the molecule is CC[C@H]1S/C(=N\N=C/c2ccccc2)N(Cc2ccccc2C)C1=O. The first-order valence-electron chi connectivity index (χ1n) is 8.37. The lowest BCUT2D eigenvalue weighted by molar-refractivity contribution is -0.126. The molecular weight excluding hydrogens is 330 g/mol. The summed E-state index contributed by atoms with van der Waals surface area (Å²) in [5, 5.41) is 9.12. The second-order valence-electron chi connectivity index (χ2n) is 5.90. The standard InChI is InChI=1S/C20H21N3OS/c1-3-18-19(24)23(14-17-12-8-7-9-15(17)2)20(25-18)22-21-13-16-10-5-4-6-11-16/h4-13,18H,3,14H2,1-2H3/b21-13-,22-20-/t18-/m1/s1. The minimum Gasteiger partial charge on any atom is -0.284 e.